The van der Waals surface area contributed by atoms with E-state index in [1.54, 1.807) is 12.1 Å². The molecule has 0 saturated carbocycles. The van der Waals surface area contributed by atoms with Gasteiger partial charge in [-0.3, -0.25) is 0 Å². The molecule has 1 aliphatic carbocycles. The van der Waals surface area contributed by atoms with Gasteiger partial charge in [-0.1, -0.05) is 64.6 Å². The van der Waals surface area contributed by atoms with Crippen molar-refractivity contribution in [3.63, 3.8) is 0 Å². The van der Waals surface area contributed by atoms with Crippen molar-refractivity contribution in [3.05, 3.63) is 53.1 Å². The van der Waals surface area contributed by atoms with Crippen LogP contribution in [0.2, 0.25) is 0 Å². The van der Waals surface area contributed by atoms with E-state index in [0.29, 0.717) is 17.6 Å². The summed E-state index contributed by atoms with van der Waals surface area (Å²) in [4.78, 5) is 0. The topological polar surface area (TPSA) is 40.5 Å². The number of benzene rings is 1. The molecular weight excluding hydrogens is 418 g/mol. The lowest BCUT2D eigenvalue weighted by atomic mass is 9.72. The van der Waals surface area contributed by atoms with Gasteiger partial charge in [0.05, 0.1) is 12.2 Å². The van der Waals surface area contributed by atoms with Crippen LogP contribution in [0, 0.1) is 6.92 Å². The lowest BCUT2D eigenvalue weighted by Gasteiger charge is -2.39. The fraction of sp³-hybridized carbons (Fsp3) is 0.500. The number of hydrogen-bond acceptors (Lipinski definition) is 2. The fourth-order valence-electron chi connectivity index (χ4n) is 3.39. The Morgan fingerprint density at radius 3 is 2.71 bits per heavy atom. The number of aliphatic hydroxyl groups excluding tert-OH is 2. The van der Waals surface area contributed by atoms with Gasteiger partial charge in [0.2, 0.25) is 0 Å². The molecule has 2 nitrogen and oxygen atoms in total. The minimum atomic E-state index is -1.97. The van der Waals surface area contributed by atoms with Gasteiger partial charge in [-0.15, -0.1) is 0 Å². The highest BCUT2D eigenvalue weighted by Gasteiger charge is 2.47. The first kappa shape index (κ1) is 19.6. The number of unbranched alkanes of at least 4 members (excludes halogenated alkanes) is 1. The third-order valence-corrected chi connectivity index (χ3v) is 5.40. The molecule has 1 aliphatic rings. The quantitative estimate of drug-likeness (QED) is 0.285. The van der Waals surface area contributed by atoms with Crippen LogP contribution in [0.15, 0.2) is 36.4 Å². The summed E-state index contributed by atoms with van der Waals surface area (Å²) < 4.78 is 17.3. The van der Waals surface area contributed by atoms with Gasteiger partial charge in [0.15, 0.2) is 5.67 Å². The van der Waals surface area contributed by atoms with Crippen molar-refractivity contribution in [3.8, 4) is 0 Å². The summed E-state index contributed by atoms with van der Waals surface area (Å²) in [5.74, 6) is 0. The second-order valence-corrected chi connectivity index (χ2v) is 7.78. The van der Waals surface area contributed by atoms with E-state index in [-0.39, 0.29) is 6.42 Å². The third kappa shape index (κ3) is 3.92. The Kier molecular flexibility index (Phi) is 6.62. The Morgan fingerprint density at radius 2 is 2.08 bits per heavy atom. The average molecular weight is 444 g/mol. The van der Waals surface area contributed by atoms with Crippen LogP contribution < -0.4 is 0 Å². The van der Waals surface area contributed by atoms with Crippen molar-refractivity contribution in [2.45, 2.75) is 57.4 Å². The van der Waals surface area contributed by atoms with Crippen molar-refractivity contribution in [2.75, 3.05) is 4.43 Å². The smallest absolute Gasteiger partial charge is 0.183 e. The molecule has 3 unspecified atom stereocenters. The zero-order chi connectivity index (χ0) is 17.9. The fourth-order valence-corrected chi connectivity index (χ4v) is 3.92. The highest BCUT2D eigenvalue weighted by molar-refractivity contribution is 14.1. The van der Waals surface area contributed by atoms with E-state index >= 15 is 4.39 Å². The second-order valence-electron chi connectivity index (χ2n) is 6.70. The SMILES string of the molecule is C=C(C)c1ccc(C)cc1C1(F)C(CCCCI)=CC(O)CC1O. The molecule has 0 saturated heterocycles. The summed E-state index contributed by atoms with van der Waals surface area (Å²) in [6.45, 7) is 7.73. The van der Waals surface area contributed by atoms with E-state index in [4.69, 9.17) is 0 Å². The molecule has 2 rings (SSSR count). The maximum Gasteiger partial charge on any atom is 0.183 e. The Hall–Kier alpha value is -0.720. The summed E-state index contributed by atoms with van der Waals surface area (Å²) in [6.07, 6.45) is 1.93. The molecule has 0 bridgehead atoms. The van der Waals surface area contributed by atoms with E-state index in [0.717, 1.165) is 34.0 Å². The molecule has 1 aromatic rings. The zero-order valence-electron chi connectivity index (χ0n) is 14.4. The van der Waals surface area contributed by atoms with Crippen LogP contribution in [-0.2, 0) is 5.67 Å². The Labute approximate surface area is 157 Å². The standard InChI is InChI=1S/C20H26FIO2/c1-13(2)17-8-7-14(3)10-18(17)20(21)15(6-4-5-9-22)11-16(23)12-19(20)24/h7-8,10-11,16,19,23-24H,1,4-6,9,12H2,2-3H3. The lowest BCUT2D eigenvalue weighted by Crippen LogP contribution is -2.43. The minimum Gasteiger partial charge on any atom is -0.389 e. The molecule has 3 atom stereocenters. The highest BCUT2D eigenvalue weighted by atomic mass is 127. The molecule has 0 aromatic heterocycles. The van der Waals surface area contributed by atoms with E-state index in [1.807, 2.05) is 26.0 Å². The van der Waals surface area contributed by atoms with Crippen molar-refractivity contribution in [2.24, 2.45) is 0 Å². The van der Waals surface area contributed by atoms with Crippen LogP contribution in [0.4, 0.5) is 4.39 Å². The molecule has 0 aliphatic heterocycles. The number of aryl methyl sites for hydroxylation is 1. The highest BCUT2D eigenvalue weighted by Crippen LogP contribution is 2.46. The van der Waals surface area contributed by atoms with E-state index < -0.39 is 17.9 Å². The molecule has 0 spiro atoms. The van der Waals surface area contributed by atoms with Crippen LogP contribution >= 0.6 is 22.6 Å². The van der Waals surface area contributed by atoms with Crippen LogP contribution in [0.25, 0.3) is 5.57 Å². The number of rotatable bonds is 6. The van der Waals surface area contributed by atoms with Gasteiger partial charge in [0.1, 0.15) is 0 Å². The van der Waals surface area contributed by atoms with E-state index in [2.05, 4.69) is 29.2 Å². The molecule has 0 radical (unpaired) electrons. The second kappa shape index (κ2) is 8.11. The van der Waals surface area contributed by atoms with Crippen molar-refractivity contribution < 1.29 is 14.6 Å². The van der Waals surface area contributed by atoms with Gasteiger partial charge < -0.3 is 10.2 Å². The molecule has 0 amide bonds. The van der Waals surface area contributed by atoms with Crippen LogP contribution in [0.5, 0.6) is 0 Å². The van der Waals surface area contributed by atoms with Crippen molar-refractivity contribution >= 4 is 28.2 Å². The summed E-state index contributed by atoms with van der Waals surface area (Å²) in [5.41, 5.74) is 1.44. The van der Waals surface area contributed by atoms with Crippen molar-refractivity contribution in [1.29, 1.82) is 0 Å². The molecule has 0 heterocycles. The lowest BCUT2D eigenvalue weighted by molar-refractivity contribution is -0.0256. The van der Waals surface area contributed by atoms with E-state index in [1.165, 1.54) is 0 Å². The van der Waals surface area contributed by atoms with Crippen LogP contribution in [0.1, 0.15) is 49.3 Å². The largest absolute Gasteiger partial charge is 0.389 e. The average Bonchev–Trinajstić information content (AvgIpc) is 2.51. The number of alkyl halides is 2. The van der Waals surface area contributed by atoms with Gasteiger partial charge in [-0.05, 0) is 48.7 Å². The minimum absolute atomic E-state index is 0.00978. The van der Waals surface area contributed by atoms with Gasteiger partial charge in [0.25, 0.3) is 0 Å². The van der Waals surface area contributed by atoms with Gasteiger partial charge in [-0.2, -0.15) is 0 Å². The number of hydrogen-bond donors (Lipinski definition) is 2. The monoisotopic (exact) mass is 444 g/mol. The summed E-state index contributed by atoms with van der Waals surface area (Å²) >= 11 is 2.30. The number of allylic oxidation sites excluding steroid dienone is 1. The molecular formula is C20H26FIO2. The normalized spacial score (nSPS) is 27.0. The van der Waals surface area contributed by atoms with Gasteiger partial charge in [-0.25, -0.2) is 4.39 Å². The Balaban J connectivity index is 2.56. The van der Waals surface area contributed by atoms with Crippen molar-refractivity contribution in [1.82, 2.24) is 0 Å². The maximum atomic E-state index is 16.3. The number of aliphatic hydroxyl groups is 2. The zero-order valence-corrected chi connectivity index (χ0v) is 16.5. The number of halogens is 2. The Morgan fingerprint density at radius 1 is 1.38 bits per heavy atom. The molecule has 1 aromatic carbocycles. The molecule has 24 heavy (non-hydrogen) atoms. The van der Waals surface area contributed by atoms with E-state index in [9.17, 15) is 10.2 Å². The molecule has 132 valence electrons. The molecule has 2 N–H and O–H groups in total. The van der Waals surface area contributed by atoms with Crippen LogP contribution in [-0.4, -0.2) is 26.8 Å². The first-order valence-corrected chi connectivity index (χ1v) is 9.92. The first-order valence-electron chi connectivity index (χ1n) is 8.39. The predicted molar refractivity (Wildman–Crippen MR) is 106 cm³/mol. The van der Waals surface area contributed by atoms with Gasteiger partial charge in [0, 0.05) is 12.0 Å². The first-order chi connectivity index (χ1) is 11.3. The van der Waals surface area contributed by atoms with Gasteiger partial charge >= 0.3 is 0 Å². The molecule has 4 heteroatoms. The summed E-state index contributed by atoms with van der Waals surface area (Å²) in [5, 5.41) is 20.6. The summed E-state index contributed by atoms with van der Waals surface area (Å²) in [7, 11) is 0. The Bertz CT molecular complexity index is 641. The third-order valence-electron chi connectivity index (χ3n) is 4.64. The molecule has 0 fully saturated rings. The summed E-state index contributed by atoms with van der Waals surface area (Å²) in [6, 6.07) is 5.60. The predicted octanol–water partition coefficient (Wildman–Crippen LogP) is 4.85. The maximum absolute atomic E-state index is 16.3. The van der Waals surface area contributed by atoms with Crippen LogP contribution in [0.3, 0.4) is 0 Å².